The van der Waals surface area contributed by atoms with E-state index in [1.807, 2.05) is 0 Å². The molecule has 5 nitrogen and oxygen atoms in total. The zero-order chi connectivity index (χ0) is 13.9. The molecule has 0 aliphatic carbocycles. The molecule has 1 rings (SSSR count). The summed E-state index contributed by atoms with van der Waals surface area (Å²) in [6.45, 7) is -0.235. The molecule has 1 amide bonds. The highest BCUT2D eigenvalue weighted by Gasteiger charge is 2.37. The van der Waals surface area contributed by atoms with E-state index in [2.05, 4.69) is 4.74 Å². The van der Waals surface area contributed by atoms with E-state index >= 15 is 0 Å². The summed E-state index contributed by atoms with van der Waals surface area (Å²) in [5.74, 6) is -2.51. The summed E-state index contributed by atoms with van der Waals surface area (Å²) in [5, 5.41) is 8.85. The van der Waals surface area contributed by atoms with Crippen molar-refractivity contribution >= 4 is 11.9 Å². The third-order valence-electron chi connectivity index (χ3n) is 2.77. The highest BCUT2D eigenvalue weighted by molar-refractivity contribution is 5.79. The molecule has 1 fully saturated rings. The number of ether oxygens (including phenoxy) is 1. The van der Waals surface area contributed by atoms with Gasteiger partial charge in [-0.1, -0.05) is 6.92 Å². The van der Waals surface area contributed by atoms with E-state index in [1.54, 1.807) is 6.92 Å². The summed E-state index contributed by atoms with van der Waals surface area (Å²) < 4.78 is 39.6. The SMILES string of the molecule is CC1CN(C(=O)COCC(F)(F)F)CC1C(=O)O. The third-order valence-corrected chi connectivity index (χ3v) is 2.77. The normalized spacial score (nSPS) is 24.3. The Morgan fingerprint density at radius 2 is 2.00 bits per heavy atom. The van der Waals surface area contributed by atoms with Gasteiger partial charge in [-0.2, -0.15) is 13.2 Å². The number of aliphatic carboxylic acids is 1. The van der Waals surface area contributed by atoms with Crippen molar-refractivity contribution in [3.05, 3.63) is 0 Å². The van der Waals surface area contributed by atoms with Gasteiger partial charge in [0.25, 0.3) is 0 Å². The fraction of sp³-hybridized carbons (Fsp3) is 0.800. The molecule has 104 valence electrons. The van der Waals surface area contributed by atoms with Gasteiger partial charge in [-0.3, -0.25) is 9.59 Å². The Bertz CT molecular complexity index is 332. The minimum atomic E-state index is -4.47. The number of likely N-dealkylation sites (tertiary alicyclic amines) is 1. The van der Waals surface area contributed by atoms with E-state index in [9.17, 15) is 22.8 Å². The Labute approximate surface area is 102 Å². The van der Waals surface area contributed by atoms with Crippen molar-refractivity contribution in [2.75, 3.05) is 26.3 Å². The summed E-state index contributed by atoms with van der Waals surface area (Å²) in [5.41, 5.74) is 0. The molecular formula is C10H14F3NO4. The second-order valence-corrected chi connectivity index (χ2v) is 4.33. The first-order chi connectivity index (χ1) is 8.20. The maximum absolute atomic E-state index is 11.8. The number of carboxylic acids is 1. The Hall–Kier alpha value is -1.31. The number of alkyl halides is 3. The summed E-state index contributed by atoms with van der Waals surface area (Å²) >= 11 is 0. The quantitative estimate of drug-likeness (QED) is 0.817. The van der Waals surface area contributed by atoms with Gasteiger partial charge in [-0.05, 0) is 5.92 Å². The minimum Gasteiger partial charge on any atom is -0.481 e. The first-order valence-electron chi connectivity index (χ1n) is 5.36. The molecule has 0 aromatic heterocycles. The van der Waals surface area contributed by atoms with Crippen molar-refractivity contribution in [2.45, 2.75) is 13.1 Å². The third kappa shape index (κ3) is 4.17. The number of carbonyl (C=O) groups is 2. The molecule has 8 heteroatoms. The van der Waals surface area contributed by atoms with Crippen molar-refractivity contribution in [3.8, 4) is 0 Å². The monoisotopic (exact) mass is 269 g/mol. The van der Waals surface area contributed by atoms with E-state index in [4.69, 9.17) is 5.11 Å². The highest BCUT2D eigenvalue weighted by atomic mass is 19.4. The summed E-state index contributed by atoms with van der Waals surface area (Å²) in [7, 11) is 0. The van der Waals surface area contributed by atoms with Crippen LogP contribution in [-0.4, -0.2) is 54.4 Å². The number of rotatable bonds is 4. The predicted octanol–water partition coefficient (Wildman–Crippen LogP) is 0.744. The van der Waals surface area contributed by atoms with Crippen LogP contribution in [-0.2, 0) is 14.3 Å². The predicted molar refractivity (Wildman–Crippen MR) is 53.7 cm³/mol. The lowest BCUT2D eigenvalue weighted by Crippen LogP contribution is -2.34. The largest absolute Gasteiger partial charge is 0.481 e. The molecule has 1 N–H and O–H groups in total. The average Bonchev–Trinajstić information content (AvgIpc) is 2.58. The first kappa shape index (κ1) is 14.7. The van der Waals surface area contributed by atoms with Crippen LogP contribution in [0.15, 0.2) is 0 Å². The summed E-state index contributed by atoms with van der Waals surface area (Å²) in [6.07, 6.45) is -4.47. The molecular weight excluding hydrogens is 255 g/mol. The van der Waals surface area contributed by atoms with Gasteiger partial charge in [-0.15, -0.1) is 0 Å². The Morgan fingerprint density at radius 1 is 1.39 bits per heavy atom. The van der Waals surface area contributed by atoms with Crippen LogP contribution in [0.2, 0.25) is 0 Å². The maximum Gasteiger partial charge on any atom is 0.411 e. The number of carboxylic acid groups (broad SMARTS) is 1. The van der Waals surface area contributed by atoms with Gasteiger partial charge in [0.1, 0.15) is 13.2 Å². The maximum atomic E-state index is 11.8. The topological polar surface area (TPSA) is 66.8 Å². The second kappa shape index (κ2) is 5.55. The number of hydrogen-bond acceptors (Lipinski definition) is 3. The molecule has 0 aromatic rings. The van der Waals surface area contributed by atoms with Gasteiger partial charge >= 0.3 is 12.1 Å². The van der Waals surface area contributed by atoms with Crippen molar-refractivity contribution < 1.29 is 32.6 Å². The number of nitrogens with zero attached hydrogens (tertiary/aromatic N) is 1. The molecule has 2 unspecified atom stereocenters. The van der Waals surface area contributed by atoms with Crippen LogP contribution in [0.4, 0.5) is 13.2 Å². The molecule has 0 bridgehead atoms. The van der Waals surface area contributed by atoms with Gasteiger partial charge in [0, 0.05) is 13.1 Å². The lowest BCUT2D eigenvalue weighted by atomic mass is 9.99. The van der Waals surface area contributed by atoms with Crippen molar-refractivity contribution in [2.24, 2.45) is 11.8 Å². The fourth-order valence-electron chi connectivity index (χ4n) is 1.84. The van der Waals surface area contributed by atoms with Gasteiger partial charge in [0.05, 0.1) is 5.92 Å². The van der Waals surface area contributed by atoms with Crippen molar-refractivity contribution in [1.29, 1.82) is 0 Å². The molecule has 0 spiro atoms. The zero-order valence-corrected chi connectivity index (χ0v) is 9.74. The van der Waals surface area contributed by atoms with Gasteiger partial charge in [0.2, 0.25) is 5.91 Å². The van der Waals surface area contributed by atoms with Gasteiger partial charge in [0.15, 0.2) is 0 Å². The smallest absolute Gasteiger partial charge is 0.411 e. The minimum absolute atomic E-state index is 0.0186. The van der Waals surface area contributed by atoms with Gasteiger partial charge < -0.3 is 14.7 Å². The molecule has 1 aliphatic rings. The van der Waals surface area contributed by atoms with E-state index in [0.717, 1.165) is 0 Å². The second-order valence-electron chi connectivity index (χ2n) is 4.33. The number of hydrogen-bond donors (Lipinski definition) is 1. The first-order valence-corrected chi connectivity index (χ1v) is 5.36. The molecule has 0 radical (unpaired) electrons. The van der Waals surface area contributed by atoms with Gasteiger partial charge in [-0.25, -0.2) is 0 Å². The number of halogens is 3. The summed E-state index contributed by atoms with van der Waals surface area (Å²) in [6, 6.07) is 0. The summed E-state index contributed by atoms with van der Waals surface area (Å²) in [4.78, 5) is 23.5. The van der Waals surface area contributed by atoms with Crippen LogP contribution in [0.25, 0.3) is 0 Å². The standard InChI is InChI=1S/C10H14F3NO4/c1-6-2-14(3-7(6)9(16)17)8(15)4-18-5-10(11,12)13/h6-7H,2-5H2,1H3,(H,16,17). The van der Waals surface area contributed by atoms with Crippen LogP contribution in [0, 0.1) is 11.8 Å². The molecule has 0 aromatic carbocycles. The van der Waals surface area contributed by atoms with Crippen LogP contribution < -0.4 is 0 Å². The van der Waals surface area contributed by atoms with E-state index in [1.165, 1.54) is 4.90 Å². The van der Waals surface area contributed by atoms with Crippen LogP contribution in [0.5, 0.6) is 0 Å². The molecule has 2 atom stereocenters. The van der Waals surface area contributed by atoms with Crippen LogP contribution >= 0.6 is 0 Å². The zero-order valence-electron chi connectivity index (χ0n) is 9.74. The van der Waals surface area contributed by atoms with E-state index in [-0.39, 0.29) is 19.0 Å². The Kier molecular flexibility index (Phi) is 4.55. The van der Waals surface area contributed by atoms with E-state index in [0.29, 0.717) is 0 Å². The van der Waals surface area contributed by atoms with E-state index < -0.39 is 37.2 Å². The highest BCUT2D eigenvalue weighted by Crippen LogP contribution is 2.23. The number of carbonyl (C=O) groups excluding carboxylic acids is 1. The molecule has 0 saturated carbocycles. The van der Waals surface area contributed by atoms with Crippen LogP contribution in [0.3, 0.4) is 0 Å². The van der Waals surface area contributed by atoms with Crippen molar-refractivity contribution in [1.82, 2.24) is 4.90 Å². The van der Waals surface area contributed by atoms with Crippen LogP contribution in [0.1, 0.15) is 6.92 Å². The fourth-order valence-corrected chi connectivity index (χ4v) is 1.84. The molecule has 1 aliphatic heterocycles. The van der Waals surface area contributed by atoms with Crippen molar-refractivity contribution in [3.63, 3.8) is 0 Å². The molecule has 18 heavy (non-hydrogen) atoms. The lowest BCUT2D eigenvalue weighted by Gasteiger charge is -2.16. The lowest BCUT2D eigenvalue weighted by molar-refractivity contribution is -0.177. The Morgan fingerprint density at radius 3 is 2.44 bits per heavy atom. The average molecular weight is 269 g/mol. The Balaban J connectivity index is 2.38. The molecule has 1 saturated heterocycles. The molecule has 1 heterocycles. The number of amides is 1.